The van der Waals surface area contributed by atoms with Crippen molar-refractivity contribution in [3.63, 3.8) is 0 Å². The van der Waals surface area contributed by atoms with Gasteiger partial charge in [0.25, 0.3) is 0 Å². The number of aromatic nitrogens is 2. The Morgan fingerprint density at radius 1 is 0.594 bits per heavy atom. The summed E-state index contributed by atoms with van der Waals surface area (Å²) in [5.74, 6) is 5.03. The maximum Gasteiger partial charge on any atom is 0.120 e. The summed E-state index contributed by atoms with van der Waals surface area (Å²) >= 11 is 0. The van der Waals surface area contributed by atoms with Gasteiger partial charge in [-0.3, -0.25) is 9.97 Å². The van der Waals surface area contributed by atoms with Crippen LogP contribution in [0, 0.1) is 0 Å². The summed E-state index contributed by atoms with van der Waals surface area (Å²) in [4.78, 5) is 9.83. The second kappa shape index (κ2) is 11.2. The lowest BCUT2D eigenvalue weighted by Crippen LogP contribution is -2.43. The summed E-state index contributed by atoms with van der Waals surface area (Å²) in [5.41, 5.74) is 4.35. The van der Waals surface area contributed by atoms with Gasteiger partial charge in [0.2, 0.25) is 0 Å². The fourth-order valence-electron chi connectivity index (χ4n) is 4.49. The highest BCUT2D eigenvalue weighted by Gasteiger charge is 2.33. The van der Waals surface area contributed by atoms with Crippen molar-refractivity contribution in [1.82, 2.24) is 19.5 Å². The molecule has 0 unspecified atom stereocenters. The lowest BCUT2D eigenvalue weighted by atomic mass is 10.3. The predicted octanol–water partition coefficient (Wildman–Crippen LogP) is 7.13. The van der Waals surface area contributed by atoms with E-state index >= 15 is 0 Å². The van der Waals surface area contributed by atoms with Crippen LogP contribution in [0.1, 0.15) is 66.8 Å². The highest BCUT2D eigenvalue weighted by molar-refractivity contribution is 7.77. The zero-order valence-electron chi connectivity index (χ0n) is 23.4. The molecule has 186 valence electrons. The summed E-state index contributed by atoms with van der Waals surface area (Å²) in [5, 5.41) is 0. The van der Waals surface area contributed by atoms with E-state index in [4.69, 9.17) is 9.97 Å². The maximum absolute atomic E-state index is 4.91. The smallest absolute Gasteiger partial charge is 0.120 e. The van der Waals surface area contributed by atoms with Crippen molar-refractivity contribution in [2.24, 2.45) is 0 Å². The van der Waals surface area contributed by atoms with Gasteiger partial charge in [-0.2, -0.15) is 0 Å². The first kappa shape index (κ1) is 30.1. The zero-order chi connectivity index (χ0) is 25.1. The van der Waals surface area contributed by atoms with Gasteiger partial charge in [-0.1, -0.05) is 94.7 Å². The van der Waals surface area contributed by atoms with Gasteiger partial charge >= 0.3 is 0 Å². The van der Waals surface area contributed by atoms with Crippen molar-refractivity contribution >= 4 is 42.1 Å². The molecule has 1 rings (SSSR count). The van der Waals surface area contributed by atoms with E-state index in [2.05, 4.69) is 116 Å². The van der Waals surface area contributed by atoms with Crippen LogP contribution in [0.25, 0.3) is 0 Å². The molecule has 1 aromatic rings. The Bertz CT molecular complexity index is 768. The maximum atomic E-state index is 4.91. The Kier molecular flexibility index (Phi) is 10.5. The van der Waals surface area contributed by atoms with Crippen LogP contribution in [0.2, 0.25) is 39.3 Å². The molecular weight excluding hydrogens is 462 g/mol. The molecule has 0 aliphatic carbocycles. The zero-order valence-corrected chi connectivity index (χ0v) is 27.2. The summed E-state index contributed by atoms with van der Waals surface area (Å²) in [6, 6.07) is 0. The summed E-state index contributed by atoms with van der Waals surface area (Å²) < 4.78 is 8.41. The summed E-state index contributed by atoms with van der Waals surface area (Å²) in [6.45, 7) is 33.5. The normalized spacial score (nSPS) is 14.1. The lowest BCUT2D eigenvalue weighted by molar-refractivity contribution is 0.983. The Labute approximate surface area is 202 Å². The Morgan fingerprint density at radius 2 is 0.844 bits per heavy atom. The average molecular weight is 515 g/mol. The van der Waals surface area contributed by atoms with E-state index in [1.54, 1.807) is 0 Å². The van der Waals surface area contributed by atoms with Gasteiger partial charge in [-0.15, -0.1) is 0 Å². The van der Waals surface area contributed by atoms with Crippen LogP contribution in [0.15, 0.2) is 12.4 Å². The number of nitrogens with zero attached hydrogens (tertiary/aromatic N) is 2. The number of hydrogen-bond acceptors (Lipinski definition) is 4. The molecule has 0 radical (unpaired) electrons. The van der Waals surface area contributed by atoms with Crippen LogP contribution in [0.5, 0.6) is 0 Å². The molecule has 0 spiro atoms. The van der Waals surface area contributed by atoms with Gasteiger partial charge in [-0.25, -0.2) is 0 Å². The van der Waals surface area contributed by atoms with E-state index in [1.807, 2.05) is 12.4 Å². The molecule has 0 saturated carbocycles. The molecule has 0 aliphatic heterocycles. The van der Waals surface area contributed by atoms with E-state index in [0.717, 1.165) is 11.4 Å². The van der Waals surface area contributed by atoms with Crippen LogP contribution in [0.3, 0.4) is 0 Å². The average Bonchev–Trinajstić information content (AvgIpc) is 2.58. The molecule has 0 aromatic carbocycles. The van der Waals surface area contributed by atoms with E-state index in [-0.39, 0.29) is 0 Å². The SMILES string of the molecule is CC(C)P(=Cc1nccnc1C=P(N[Si](C)(C)C)(C(C)C)C(C)C)(N[Si](C)(C)C)C(C)C. The Morgan fingerprint density at radius 3 is 1.03 bits per heavy atom. The third kappa shape index (κ3) is 7.78. The first-order chi connectivity index (χ1) is 14.4. The third-order valence-corrected chi connectivity index (χ3v) is 22.5. The minimum absolute atomic E-state index is 0.555. The molecule has 0 aliphatic rings. The third-order valence-electron chi connectivity index (χ3n) is 5.90. The molecule has 0 fully saturated rings. The van der Waals surface area contributed by atoms with E-state index in [9.17, 15) is 0 Å². The van der Waals surface area contributed by atoms with E-state index < -0.39 is 30.5 Å². The van der Waals surface area contributed by atoms with Crippen LogP contribution in [-0.4, -0.2) is 60.7 Å². The first-order valence-electron chi connectivity index (χ1n) is 12.2. The molecule has 8 heteroatoms. The molecule has 0 atom stereocenters. The highest BCUT2D eigenvalue weighted by Crippen LogP contribution is 2.55. The molecular formula is C24H52N4P2Si2. The van der Waals surface area contributed by atoms with E-state index in [0.29, 0.717) is 22.6 Å². The van der Waals surface area contributed by atoms with Gasteiger partial charge in [-0.05, 0) is 48.3 Å². The van der Waals surface area contributed by atoms with E-state index in [1.165, 1.54) is 0 Å². The number of rotatable bonds is 10. The first-order valence-corrected chi connectivity index (χ1v) is 23.2. The topological polar surface area (TPSA) is 49.8 Å². The fraction of sp³-hybridized carbons (Fsp3) is 0.750. The molecule has 2 N–H and O–H groups in total. The fourth-order valence-corrected chi connectivity index (χ4v) is 23.2. The Hall–Kier alpha value is 0.0338. The van der Waals surface area contributed by atoms with Gasteiger partial charge in [0, 0.05) is 12.4 Å². The monoisotopic (exact) mass is 514 g/mol. The van der Waals surface area contributed by atoms with Gasteiger partial charge < -0.3 is 9.51 Å². The predicted molar refractivity (Wildman–Crippen MR) is 160 cm³/mol. The molecule has 4 nitrogen and oxygen atoms in total. The van der Waals surface area contributed by atoms with Crippen molar-refractivity contribution < 1.29 is 0 Å². The molecule has 0 saturated heterocycles. The molecule has 1 aromatic heterocycles. The van der Waals surface area contributed by atoms with Gasteiger partial charge in [0.15, 0.2) is 0 Å². The van der Waals surface area contributed by atoms with Crippen molar-refractivity contribution in [2.75, 3.05) is 0 Å². The molecule has 1 heterocycles. The highest BCUT2D eigenvalue weighted by atomic mass is 31.2. The largest absolute Gasteiger partial charge is 0.317 e. The van der Waals surface area contributed by atoms with Crippen LogP contribution >= 0.6 is 14.1 Å². The van der Waals surface area contributed by atoms with Crippen LogP contribution < -0.4 is 9.51 Å². The number of hydrogen-bond donors (Lipinski definition) is 2. The lowest BCUT2D eigenvalue weighted by Gasteiger charge is -2.41. The van der Waals surface area contributed by atoms with Crippen molar-refractivity contribution in [3.8, 4) is 0 Å². The standard InChI is InChI=1S/C24H52N4P2Si2/c1-19(2)29(20(3)4,27-31(9,10)11)17-23-24(26-16-15-25-23)18-30(21(5)6,22(7)8)28-32(12,13)14/h15-22,27-28H,1-14H3. The van der Waals surface area contributed by atoms with Crippen molar-refractivity contribution in [3.05, 3.63) is 23.8 Å². The minimum Gasteiger partial charge on any atom is -0.317 e. The molecule has 32 heavy (non-hydrogen) atoms. The summed E-state index contributed by atoms with van der Waals surface area (Å²) in [7, 11) is -6.19. The van der Waals surface area contributed by atoms with Crippen LogP contribution in [-0.2, 0) is 0 Å². The summed E-state index contributed by atoms with van der Waals surface area (Å²) in [6.07, 6.45) is 3.73. The second-order valence-electron chi connectivity index (χ2n) is 12.4. The van der Waals surface area contributed by atoms with Crippen LogP contribution in [0.4, 0.5) is 0 Å². The van der Waals surface area contributed by atoms with Gasteiger partial charge in [0.1, 0.15) is 16.5 Å². The van der Waals surface area contributed by atoms with Crippen molar-refractivity contribution in [1.29, 1.82) is 0 Å². The number of nitrogens with one attached hydrogen (secondary N) is 2. The second-order valence-corrected chi connectivity index (χ2v) is 31.1. The quantitative estimate of drug-likeness (QED) is 0.258. The van der Waals surface area contributed by atoms with Crippen molar-refractivity contribution in [2.45, 2.75) is 117 Å². The molecule has 0 bridgehead atoms. The van der Waals surface area contributed by atoms with Gasteiger partial charge in [0.05, 0.1) is 11.4 Å². The Balaban J connectivity index is 3.97. The molecule has 0 amide bonds. The minimum atomic E-state index is -1.60.